The highest BCUT2D eigenvalue weighted by molar-refractivity contribution is 6.32. The second kappa shape index (κ2) is 6.26. The summed E-state index contributed by atoms with van der Waals surface area (Å²) in [6.07, 6.45) is -5.57. The molecule has 0 aliphatic rings. The zero-order valence-corrected chi connectivity index (χ0v) is 10.3. The highest BCUT2D eigenvalue weighted by Gasteiger charge is 2.27. The monoisotopic (exact) mass is 284 g/mol. The Morgan fingerprint density at radius 3 is 2.61 bits per heavy atom. The second-order valence-corrected chi connectivity index (χ2v) is 3.95. The van der Waals surface area contributed by atoms with Crippen LogP contribution in [-0.2, 0) is 4.74 Å². The Bertz CT molecular complexity index is 396. The summed E-state index contributed by atoms with van der Waals surface area (Å²) < 4.78 is 44.8. The molecule has 7 heteroatoms. The summed E-state index contributed by atoms with van der Waals surface area (Å²) in [6, 6.07) is 4.43. The molecular weight excluding hydrogens is 273 g/mol. The largest absolute Gasteiger partial charge is 0.495 e. The first kappa shape index (κ1) is 15.1. The van der Waals surface area contributed by atoms with Gasteiger partial charge < -0.3 is 14.6 Å². The normalized spacial score (nSPS) is 13.4. The number of halogens is 4. The van der Waals surface area contributed by atoms with Crippen LogP contribution in [0.25, 0.3) is 0 Å². The van der Waals surface area contributed by atoms with E-state index in [-0.39, 0.29) is 0 Å². The van der Waals surface area contributed by atoms with Crippen molar-refractivity contribution in [1.29, 1.82) is 0 Å². The van der Waals surface area contributed by atoms with E-state index in [1.165, 1.54) is 25.3 Å². The van der Waals surface area contributed by atoms with Crippen molar-refractivity contribution in [2.45, 2.75) is 12.3 Å². The lowest BCUT2D eigenvalue weighted by atomic mass is 10.1. The smallest absolute Gasteiger partial charge is 0.411 e. The number of benzene rings is 1. The Labute approximate surface area is 107 Å². The fraction of sp³-hybridized carbons (Fsp3) is 0.455. The van der Waals surface area contributed by atoms with Crippen LogP contribution in [0.4, 0.5) is 13.2 Å². The maximum Gasteiger partial charge on any atom is 0.411 e. The molecular formula is C11H12ClF3O3. The van der Waals surface area contributed by atoms with E-state index < -0.39 is 25.5 Å². The van der Waals surface area contributed by atoms with Gasteiger partial charge in [0.05, 0.1) is 18.7 Å². The summed E-state index contributed by atoms with van der Waals surface area (Å²) in [5.74, 6) is 0.337. The summed E-state index contributed by atoms with van der Waals surface area (Å²) >= 11 is 5.78. The van der Waals surface area contributed by atoms with Gasteiger partial charge in [-0.2, -0.15) is 13.2 Å². The molecule has 0 aliphatic carbocycles. The van der Waals surface area contributed by atoms with E-state index in [0.29, 0.717) is 16.3 Å². The van der Waals surface area contributed by atoms with Crippen LogP contribution >= 0.6 is 11.6 Å². The number of hydrogen-bond donors (Lipinski definition) is 1. The third kappa shape index (κ3) is 4.72. The molecule has 0 fully saturated rings. The maximum atomic E-state index is 11.8. The van der Waals surface area contributed by atoms with E-state index in [0.717, 1.165) is 0 Å². The van der Waals surface area contributed by atoms with Gasteiger partial charge in [-0.15, -0.1) is 0 Å². The summed E-state index contributed by atoms with van der Waals surface area (Å²) in [5.41, 5.74) is 0.374. The molecule has 0 aromatic heterocycles. The van der Waals surface area contributed by atoms with Gasteiger partial charge in [0.1, 0.15) is 18.5 Å². The Kier molecular flexibility index (Phi) is 5.25. The summed E-state index contributed by atoms with van der Waals surface area (Å²) in [7, 11) is 1.40. The first-order valence-electron chi connectivity index (χ1n) is 4.99. The summed E-state index contributed by atoms with van der Waals surface area (Å²) in [6.45, 7) is -1.85. The van der Waals surface area contributed by atoms with Crippen LogP contribution in [-0.4, -0.2) is 31.6 Å². The van der Waals surface area contributed by atoms with Gasteiger partial charge in [0, 0.05) is 0 Å². The summed E-state index contributed by atoms with van der Waals surface area (Å²) in [4.78, 5) is 0. The topological polar surface area (TPSA) is 38.7 Å². The van der Waals surface area contributed by atoms with Gasteiger partial charge in [-0.05, 0) is 17.7 Å². The average Bonchev–Trinajstić information content (AvgIpc) is 2.27. The standard InChI is InChI=1S/C11H12ClF3O3/c1-17-10-4-7(2-3-8(10)12)9(16)5-18-6-11(13,14)15/h2-4,9,16H,5-6H2,1H3. The van der Waals surface area contributed by atoms with Crippen molar-refractivity contribution in [2.24, 2.45) is 0 Å². The van der Waals surface area contributed by atoms with E-state index in [2.05, 4.69) is 4.74 Å². The Hall–Kier alpha value is -0.980. The van der Waals surface area contributed by atoms with Crippen LogP contribution in [0.5, 0.6) is 5.75 Å². The predicted octanol–water partition coefficient (Wildman–Crippen LogP) is 2.96. The molecule has 0 saturated carbocycles. The lowest BCUT2D eigenvalue weighted by Crippen LogP contribution is -2.19. The highest BCUT2D eigenvalue weighted by atomic mass is 35.5. The van der Waals surface area contributed by atoms with Gasteiger partial charge in [0.2, 0.25) is 0 Å². The molecule has 0 amide bonds. The quantitative estimate of drug-likeness (QED) is 0.903. The van der Waals surface area contributed by atoms with Gasteiger partial charge >= 0.3 is 6.18 Å². The van der Waals surface area contributed by atoms with E-state index in [1.54, 1.807) is 0 Å². The Morgan fingerprint density at radius 2 is 2.06 bits per heavy atom. The van der Waals surface area contributed by atoms with Gasteiger partial charge in [0.25, 0.3) is 0 Å². The first-order chi connectivity index (χ1) is 8.33. The molecule has 3 nitrogen and oxygen atoms in total. The van der Waals surface area contributed by atoms with E-state index in [9.17, 15) is 18.3 Å². The molecule has 1 aromatic rings. The lowest BCUT2D eigenvalue weighted by Gasteiger charge is -2.14. The molecule has 1 aromatic carbocycles. The first-order valence-corrected chi connectivity index (χ1v) is 5.37. The van der Waals surface area contributed by atoms with Crippen molar-refractivity contribution in [3.05, 3.63) is 28.8 Å². The van der Waals surface area contributed by atoms with Crippen molar-refractivity contribution in [2.75, 3.05) is 20.3 Å². The van der Waals surface area contributed by atoms with Crippen molar-refractivity contribution < 1.29 is 27.8 Å². The van der Waals surface area contributed by atoms with Gasteiger partial charge in [0.15, 0.2) is 0 Å². The molecule has 1 N–H and O–H groups in total. The summed E-state index contributed by atoms with van der Waals surface area (Å²) in [5, 5.41) is 9.99. The zero-order chi connectivity index (χ0) is 13.8. The van der Waals surface area contributed by atoms with Crippen LogP contribution in [0.1, 0.15) is 11.7 Å². The van der Waals surface area contributed by atoms with Crippen molar-refractivity contribution in [3.63, 3.8) is 0 Å². The fourth-order valence-corrected chi connectivity index (χ4v) is 1.46. The number of aliphatic hydroxyl groups is 1. The van der Waals surface area contributed by atoms with E-state index >= 15 is 0 Å². The SMILES string of the molecule is COc1cc(C(O)COCC(F)(F)F)ccc1Cl. The number of alkyl halides is 3. The molecule has 1 atom stereocenters. The maximum absolute atomic E-state index is 11.8. The molecule has 0 heterocycles. The number of methoxy groups -OCH3 is 1. The third-order valence-corrected chi connectivity index (χ3v) is 2.41. The Morgan fingerprint density at radius 1 is 1.39 bits per heavy atom. The van der Waals surface area contributed by atoms with Crippen molar-refractivity contribution in [1.82, 2.24) is 0 Å². The van der Waals surface area contributed by atoms with E-state index in [1.807, 2.05) is 0 Å². The van der Waals surface area contributed by atoms with Crippen molar-refractivity contribution >= 4 is 11.6 Å². The predicted molar refractivity (Wildman–Crippen MR) is 59.8 cm³/mol. The van der Waals surface area contributed by atoms with E-state index in [4.69, 9.17) is 16.3 Å². The minimum atomic E-state index is -4.41. The number of hydrogen-bond acceptors (Lipinski definition) is 3. The van der Waals surface area contributed by atoms with Crippen LogP contribution < -0.4 is 4.74 Å². The molecule has 0 aliphatic heterocycles. The average molecular weight is 285 g/mol. The molecule has 0 spiro atoms. The lowest BCUT2D eigenvalue weighted by molar-refractivity contribution is -0.179. The number of ether oxygens (including phenoxy) is 2. The second-order valence-electron chi connectivity index (χ2n) is 3.54. The number of aliphatic hydroxyl groups excluding tert-OH is 1. The molecule has 0 radical (unpaired) electrons. The van der Waals surface area contributed by atoms with Crippen LogP contribution in [0.2, 0.25) is 5.02 Å². The molecule has 18 heavy (non-hydrogen) atoms. The molecule has 0 saturated heterocycles. The molecule has 1 unspecified atom stereocenters. The fourth-order valence-electron chi connectivity index (χ4n) is 1.27. The van der Waals surface area contributed by atoms with Gasteiger partial charge in [-0.25, -0.2) is 0 Å². The zero-order valence-electron chi connectivity index (χ0n) is 9.50. The van der Waals surface area contributed by atoms with Gasteiger partial charge in [-0.1, -0.05) is 17.7 Å². The van der Waals surface area contributed by atoms with Crippen LogP contribution in [0, 0.1) is 0 Å². The van der Waals surface area contributed by atoms with Crippen LogP contribution in [0.15, 0.2) is 18.2 Å². The minimum absolute atomic E-state index is 0.337. The van der Waals surface area contributed by atoms with Crippen molar-refractivity contribution in [3.8, 4) is 5.75 Å². The molecule has 1 rings (SSSR count). The Balaban J connectivity index is 2.59. The van der Waals surface area contributed by atoms with Crippen LogP contribution in [0.3, 0.4) is 0 Å². The molecule has 102 valence electrons. The third-order valence-electron chi connectivity index (χ3n) is 2.10. The minimum Gasteiger partial charge on any atom is -0.495 e. The van der Waals surface area contributed by atoms with Gasteiger partial charge in [-0.3, -0.25) is 0 Å². The molecule has 0 bridgehead atoms. The number of rotatable bonds is 5. The highest BCUT2D eigenvalue weighted by Crippen LogP contribution is 2.28.